The fraction of sp³-hybridized carbons (Fsp3) is 0.190. The number of rotatable bonds is 5. The lowest BCUT2D eigenvalue weighted by Crippen LogP contribution is -2.17. The van der Waals surface area contributed by atoms with Gasteiger partial charge in [-0.2, -0.15) is 0 Å². The molecule has 1 amide bonds. The Balaban J connectivity index is 1.80. The lowest BCUT2D eigenvalue weighted by Gasteiger charge is -2.16. The third kappa shape index (κ3) is 4.83. The van der Waals surface area contributed by atoms with Crippen molar-refractivity contribution in [2.24, 2.45) is 0 Å². The van der Waals surface area contributed by atoms with Gasteiger partial charge >= 0.3 is 0 Å². The van der Waals surface area contributed by atoms with E-state index >= 15 is 0 Å². The van der Waals surface area contributed by atoms with E-state index in [1.54, 1.807) is 25.1 Å². The van der Waals surface area contributed by atoms with E-state index in [0.29, 0.717) is 28.0 Å². The van der Waals surface area contributed by atoms with Gasteiger partial charge in [-0.25, -0.2) is 9.97 Å². The second-order valence-electron chi connectivity index (χ2n) is 6.38. The van der Waals surface area contributed by atoms with Crippen LogP contribution in [0.3, 0.4) is 0 Å². The predicted octanol–water partition coefficient (Wildman–Crippen LogP) is 5.17. The first-order valence-electron chi connectivity index (χ1n) is 8.67. The third-order valence-electron chi connectivity index (χ3n) is 4.18. The molecule has 0 aliphatic carbocycles. The van der Waals surface area contributed by atoms with Crippen LogP contribution in [0.5, 0.6) is 0 Å². The number of aromatic nitrogens is 2. The molecule has 0 aliphatic heterocycles. The molecule has 0 saturated carbocycles. The fourth-order valence-corrected chi connectivity index (χ4v) is 2.89. The number of hydrogen-bond acceptors (Lipinski definition) is 4. The minimum Gasteiger partial charge on any atom is -0.363 e. The van der Waals surface area contributed by atoms with Crippen LogP contribution in [0.15, 0.2) is 54.6 Å². The van der Waals surface area contributed by atoms with Crippen molar-refractivity contribution in [1.82, 2.24) is 9.97 Å². The van der Waals surface area contributed by atoms with Crippen LogP contribution in [0.4, 0.5) is 11.5 Å². The molecular formula is C21H21ClN4O. The fourth-order valence-electron chi connectivity index (χ4n) is 2.72. The first-order valence-corrected chi connectivity index (χ1v) is 9.05. The molecule has 0 fully saturated rings. The normalized spacial score (nSPS) is 11.7. The molecule has 2 N–H and O–H groups in total. The molecule has 27 heavy (non-hydrogen) atoms. The van der Waals surface area contributed by atoms with Crippen LogP contribution in [0.2, 0.25) is 5.02 Å². The average molecular weight is 381 g/mol. The molecule has 1 atom stereocenters. The molecule has 0 bridgehead atoms. The molecule has 3 aromatic rings. The Morgan fingerprint density at radius 3 is 2.52 bits per heavy atom. The molecule has 0 spiro atoms. The SMILES string of the molecule is Cc1nc(NC(C)c2ccccc2)cc(C(=O)Nc2cc(Cl)ccc2C)n1. The highest BCUT2D eigenvalue weighted by Gasteiger charge is 2.14. The summed E-state index contributed by atoms with van der Waals surface area (Å²) in [4.78, 5) is 21.3. The Morgan fingerprint density at radius 2 is 1.78 bits per heavy atom. The topological polar surface area (TPSA) is 66.9 Å². The molecule has 3 rings (SSSR count). The maximum absolute atomic E-state index is 12.7. The Kier molecular flexibility index (Phi) is 5.72. The molecule has 0 aliphatic rings. The summed E-state index contributed by atoms with van der Waals surface area (Å²) in [6, 6.07) is 17.1. The van der Waals surface area contributed by atoms with Crippen molar-refractivity contribution >= 4 is 29.0 Å². The number of anilines is 2. The Bertz CT molecular complexity index is 960. The zero-order valence-electron chi connectivity index (χ0n) is 15.5. The Labute approximate surface area is 163 Å². The predicted molar refractivity (Wildman–Crippen MR) is 109 cm³/mol. The van der Waals surface area contributed by atoms with Gasteiger partial charge in [-0.1, -0.05) is 48.0 Å². The number of benzene rings is 2. The van der Waals surface area contributed by atoms with Gasteiger partial charge in [-0.15, -0.1) is 0 Å². The minimum absolute atomic E-state index is 0.0478. The number of hydrogen-bond donors (Lipinski definition) is 2. The van der Waals surface area contributed by atoms with E-state index in [4.69, 9.17) is 11.6 Å². The van der Waals surface area contributed by atoms with Gasteiger partial charge < -0.3 is 10.6 Å². The average Bonchev–Trinajstić information content (AvgIpc) is 2.65. The molecule has 1 aromatic heterocycles. The second kappa shape index (κ2) is 8.18. The van der Waals surface area contributed by atoms with Crippen LogP contribution in [-0.2, 0) is 0 Å². The first kappa shape index (κ1) is 18.9. The second-order valence-corrected chi connectivity index (χ2v) is 6.81. The van der Waals surface area contributed by atoms with Crippen molar-refractivity contribution in [3.63, 3.8) is 0 Å². The van der Waals surface area contributed by atoms with E-state index in [0.717, 1.165) is 11.1 Å². The van der Waals surface area contributed by atoms with Crippen LogP contribution in [0, 0.1) is 13.8 Å². The summed E-state index contributed by atoms with van der Waals surface area (Å²) in [6.45, 7) is 5.72. The van der Waals surface area contributed by atoms with Crippen molar-refractivity contribution in [2.45, 2.75) is 26.8 Å². The smallest absolute Gasteiger partial charge is 0.274 e. The summed E-state index contributed by atoms with van der Waals surface area (Å²) in [5, 5.41) is 6.76. The third-order valence-corrected chi connectivity index (χ3v) is 4.42. The summed E-state index contributed by atoms with van der Waals surface area (Å²) >= 11 is 6.03. The molecule has 1 heterocycles. The van der Waals surface area contributed by atoms with E-state index in [1.807, 2.05) is 50.2 Å². The van der Waals surface area contributed by atoms with Gasteiger partial charge in [0, 0.05) is 22.8 Å². The largest absolute Gasteiger partial charge is 0.363 e. The summed E-state index contributed by atoms with van der Waals surface area (Å²) < 4.78 is 0. The van der Waals surface area contributed by atoms with E-state index in [9.17, 15) is 4.79 Å². The number of halogens is 1. The van der Waals surface area contributed by atoms with E-state index in [-0.39, 0.29) is 11.9 Å². The molecule has 6 heteroatoms. The summed E-state index contributed by atoms with van der Waals surface area (Å²) in [7, 11) is 0. The summed E-state index contributed by atoms with van der Waals surface area (Å²) in [5.74, 6) is 0.821. The van der Waals surface area contributed by atoms with E-state index in [1.165, 1.54) is 0 Å². The number of nitrogens with one attached hydrogen (secondary N) is 2. The van der Waals surface area contributed by atoms with E-state index in [2.05, 4.69) is 20.6 Å². The van der Waals surface area contributed by atoms with Crippen LogP contribution >= 0.6 is 11.6 Å². The van der Waals surface area contributed by atoms with Crippen molar-refractivity contribution in [3.05, 3.63) is 82.3 Å². The van der Waals surface area contributed by atoms with Crippen LogP contribution in [0.25, 0.3) is 0 Å². The van der Waals surface area contributed by atoms with E-state index < -0.39 is 0 Å². The van der Waals surface area contributed by atoms with Crippen LogP contribution < -0.4 is 10.6 Å². The van der Waals surface area contributed by atoms with Crippen LogP contribution in [0.1, 0.15) is 40.4 Å². The quantitative estimate of drug-likeness (QED) is 0.640. The monoisotopic (exact) mass is 380 g/mol. The van der Waals surface area contributed by atoms with Gasteiger partial charge in [0.15, 0.2) is 0 Å². The van der Waals surface area contributed by atoms with Gasteiger partial charge in [0.1, 0.15) is 17.3 Å². The maximum atomic E-state index is 12.7. The molecule has 0 radical (unpaired) electrons. The van der Waals surface area contributed by atoms with Gasteiger partial charge in [0.2, 0.25) is 0 Å². The zero-order valence-corrected chi connectivity index (χ0v) is 16.2. The Hall–Kier alpha value is -2.92. The number of carbonyl (C=O) groups is 1. The number of amides is 1. The highest BCUT2D eigenvalue weighted by atomic mass is 35.5. The first-order chi connectivity index (χ1) is 12.9. The molecule has 0 saturated heterocycles. The number of carbonyl (C=O) groups excluding carboxylic acids is 1. The molecular weight excluding hydrogens is 360 g/mol. The molecule has 2 aromatic carbocycles. The van der Waals surface area contributed by atoms with Gasteiger partial charge in [-0.05, 0) is 44.0 Å². The van der Waals surface area contributed by atoms with Crippen molar-refractivity contribution in [3.8, 4) is 0 Å². The summed E-state index contributed by atoms with van der Waals surface area (Å²) in [6.07, 6.45) is 0. The van der Waals surface area contributed by atoms with Crippen molar-refractivity contribution < 1.29 is 4.79 Å². The molecule has 5 nitrogen and oxygen atoms in total. The van der Waals surface area contributed by atoms with Gasteiger partial charge in [0.05, 0.1) is 0 Å². The molecule has 1 unspecified atom stereocenters. The lowest BCUT2D eigenvalue weighted by atomic mass is 10.1. The standard InChI is InChI=1S/C21H21ClN4O/c1-13-9-10-17(22)11-18(13)26-21(27)19-12-20(25-15(3)24-19)23-14(2)16-7-5-4-6-8-16/h4-12,14H,1-3H3,(H,26,27)(H,23,24,25). The van der Waals surface area contributed by atoms with Crippen molar-refractivity contribution in [2.75, 3.05) is 10.6 Å². The Morgan fingerprint density at radius 1 is 1.04 bits per heavy atom. The number of nitrogens with zero attached hydrogens (tertiary/aromatic N) is 2. The number of aryl methyl sites for hydroxylation is 2. The lowest BCUT2D eigenvalue weighted by molar-refractivity contribution is 0.102. The molecule has 138 valence electrons. The van der Waals surface area contributed by atoms with Gasteiger partial charge in [0.25, 0.3) is 5.91 Å². The van der Waals surface area contributed by atoms with Crippen molar-refractivity contribution in [1.29, 1.82) is 0 Å². The zero-order chi connectivity index (χ0) is 19.4. The summed E-state index contributed by atoms with van der Waals surface area (Å²) in [5.41, 5.74) is 3.02. The maximum Gasteiger partial charge on any atom is 0.274 e. The van der Waals surface area contributed by atoms with Gasteiger partial charge in [-0.3, -0.25) is 4.79 Å². The van der Waals surface area contributed by atoms with Crippen LogP contribution in [-0.4, -0.2) is 15.9 Å². The highest BCUT2D eigenvalue weighted by molar-refractivity contribution is 6.31. The minimum atomic E-state index is -0.304. The highest BCUT2D eigenvalue weighted by Crippen LogP contribution is 2.22.